The summed E-state index contributed by atoms with van der Waals surface area (Å²) >= 11 is 0. The van der Waals surface area contributed by atoms with Crippen molar-refractivity contribution in [2.24, 2.45) is 5.41 Å². The molecule has 1 aromatic carbocycles. The summed E-state index contributed by atoms with van der Waals surface area (Å²) in [4.78, 5) is 26.9. The van der Waals surface area contributed by atoms with Gasteiger partial charge in [-0.15, -0.1) is 0 Å². The van der Waals surface area contributed by atoms with E-state index in [0.717, 1.165) is 32.4 Å². The van der Waals surface area contributed by atoms with Crippen molar-refractivity contribution >= 4 is 12.0 Å². The Bertz CT molecular complexity index is 771. The fourth-order valence-electron chi connectivity index (χ4n) is 5.09. The van der Waals surface area contributed by atoms with Gasteiger partial charge in [0.25, 0.3) is 0 Å². The number of amides is 2. The van der Waals surface area contributed by atoms with Crippen molar-refractivity contribution in [2.75, 3.05) is 13.1 Å². The topological polar surface area (TPSA) is 61.9 Å². The fourth-order valence-corrected chi connectivity index (χ4v) is 5.09. The number of ether oxygens (including phenoxy) is 1. The van der Waals surface area contributed by atoms with Crippen molar-refractivity contribution in [1.82, 2.24) is 15.3 Å². The summed E-state index contributed by atoms with van der Waals surface area (Å²) in [7, 11) is 0. The third-order valence-electron chi connectivity index (χ3n) is 6.25. The van der Waals surface area contributed by atoms with Gasteiger partial charge in [0.05, 0.1) is 6.04 Å². The van der Waals surface area contributed by atoms with Crippen LogP contribution in [0.3, 0.4) is 0 Å². The first-order chi connectivity index (χ1) is 13.2. The predicted octanol–water partition coefficient (Wildman–Crippen LogP) is 3.43. The average molecular weight is 386 g/mol. The summed E-state index contributed by atoms with van der Waals surface area (Å²) in [5, 5.41) is 1.92. The van der Waals surface area contributed by atoms with Gasteiger partial charge in [-0.2, -0.15) is 0 Å². The van der Waals surface area contributed by atoms with Gasteiger partial charge in [0, 0.05) is 31.0 Å². The van der Waals surface area contributed by atoms with Crippen LogP contribution in [0, 0.1) is 5.41 Å². The van der Waals surface area contributed by atoms with E-state index in [0.29, 0.717) is 12.5 Å². The standard InChI is InChI=1S/C22H31N3O3/c1-15-18-8-6-5-7-16(18)9-10-19(26)25(15)17-11-22(12-17)13-24(14-22)23-20(27)28-21(2,3)4/h5-8,15,17H,9-14H2,1-4H3,(H,23,27). The molecule has 6 heteroatoms. The van der Waals surface area contributed by atoms with Crippen molar-refractivity contribution in [1.29, 1.82) is 0 Å². The van der Waals surface area contributed by atoms with Gasteiger partial charge in [0.1, 0.15) is 5.60 Å². The molecule has 1 N–H and O–H groups in total. The summed E-state index contributed by atoms with van der Waals surface area (Å²) in [6.07, 6.45) is 3.06. The lowest BCUT2D eigenvalue weighted by Crippen LogP contribution is -2.70. The fraction of sp³-hybridized carbons (Fsp3) is 0.636. The number of aryl methyl sites for hydroxylation is 1. The molecule has 1 aliphatic carbocycles. The van der Waals surface area contributed by atoms with Crippen LogP contribution in [0.4, 0.5) is 4.79 Å². The molecule has 0 radical (unpaired) electrons. The van der Waals surface area contributed by atoms with E-state index < -0.39 is 11.7 Å². The quantitative estimate of drug-likeness (QED) is 0.847. The molecule has 1 saturated heterocycles. The number of hydrazine groups is 1. The van der Waals surface area contributed by atoms with Crippen molar-refractivity contribution in [3.63, 3.8) is 0 Å². The Morgan fingerprint density at radius 1 is 1.18 bits per heavy atom. The number of nitrogens with zero attached hydrogens (tertiary/aromatic N) is 2. The van der Waals surface area contributed by atoms with Crippen LogP contribution in [0.2, 0.25) is 0 Å². The van der Waals surface area contributed by atoms with Crippen LogP contribution in [-0.4, -0.2) is 46.6 Å². The first-order valence-electron chi connectivity index (χ1n) is 10.3. The molecule has 152 valence electrons. The maximum absolute atomic E-state index is 12.8. The normalized spacial score (nSPS) is 24.8. The zero-order valence-corrected chi connectivity index (χ0v) is 17.3. The van der Waals surface area contributed by atoms with Gasteiger partial charge < -0.3 is 9.64 Å². The minimum atomic E-state index is -0.492. The Labute approximate surface area is 167 Å². The predicted molar refractivity (Wildman–Crippen MR) is 106 cm³/mol. The number of nitrogens with one attached hydrogen (secondary N) is 1. The van der Waals surface area contributed by atoms with Gasteiger partial charge in [-0.25, -0.2) is 9.80 Å². The van der Waals surface area contributed by atoms with E-state index in [1.807, 2.05) is 25.8 Å². The Morgan fingerprint density at radius 2 is 1.86 bits per heavy atom. The van der Waals surface area contributed by atoms with Crippen LogP contribution in [0.15, 0.2) is 24.3 Å². The largest absolute Gasteiger partial charge is 0.443 e. The first-order valence-corrected chi connectivity index (χ1v) is 10.3. The Morgan fingerprint density at radius 3 is 2.54 bits per heavy atom. The molecule has 1 spiro atoms. The third-order valence-corrected chi connectivity index (χ3v) is 6.25. The lowest BCUT2D eigenvalue weighted by Gasteiger charge is -2.61. The summed E-state index contributed by atoms with van der Waals surface area (Å²) in [6.45, 7) is 9.39. The second kappa shape index (κ2) is 6.76. The summed E-state index contributed by atoms with van der Waals surface area (Å²) in [5.74, 6) is 0.270. The molecular weight excluding hydrogens is 354 g/mol. The molecule has 2 heterocycles. The van der Waals surface area contributed by atoms with Crippen molar-refractivity contribution in [3.8, 4) is 0 Å². The Hall–Kier alpha value is -2.08. The molecule has 0 aromatic heterocycles. The highest BCUT2D eigenvalue weighted by Gasteiger charge is 2.55. The van der Waals surface area contributed by atoms with E-state index in [2.05, 4.69) is 41.5 Å². The van der Waals surface area contributed by atoms with E-state index in [4.69, 9.17) is 4.74 Å². The number of hydrogen-bond donors (Lipinski definition) is 1. The molecule has 2 amide bonds. The highest BCUT2D eigenvalue weighted by Crippen LogP contribution is 2.51. The Kier molecular flexibility index (Phi) is 4.65. The lowest BCUT2D eigenvalue weighted by atomic mass is 9.60. The van der Waals surface area contributed by atoms with E-state index in [-0.39, 0.29) is 17.4 Å². The average Bonchev–Trinajstić information content (AvgIpc) is 2.65. The van der Waals surface area contributed by atoms with E-state index in [1.54, 1.807) is 0 Å². The molecule has 2 aliphatic heterocycles. The van der Waals surface area contributed by atoms with Gasteiger partial charge in [0.15, 0.2) is 0 Å². The highest BCUT2D eigenvalue weighted by atomic mass is 16.6. The number of hydrogen-bond acceptors (Lipinski definition) is 4. The minimum Gasteiger partial charge on any atom is -0.443 e. The maximum Gasteiger partial charge on any atom is 0.422 e. The van der Waals surface area contributed by atoms with E-state index in [1.165, 1.54) is 11.1 Å². The second-order valence-corrected chi connectivity index (χ2v) is 9.71. The number of benzene rings is 1. The summed E-state index contributed by atoms with van der Waals surface area (Å²) in [6, 6.07) is 8.87. The van der Waals surface area contributed by atoms with Crippen LogP contribution < -0.4 is 5.43 Å². The maximum atomic E-state index is 12.8. The van der Waals surface area contributed by atoms with Crippen LogP contribution in [0.25, 0.3) is 0 Å². The van der Waals surface area contributed by atoms with Crippen LogP contribution in [0.5, 0.6) is 0 Å². The lowest BCUT2D eigenvalue weighted by molar-refractivity contribution is -0.157. The monoisotopic (exact) mass is 385 g/mol. The summed E-state index contributed by atoms with van der Waals surface area (Å²) < 4.78 is 5.31. The van der Waals surface area contributed by atoms with Crippen LogP contribution in [-0.2, 0) is 16.0 Å². The second-order valence-electron chi connectivity index (χ2n) is 9.71. The number of rotatable bonds is 2. The SMILES string of the molecule is CC1c2ccccc2CCC(=O)N1C1CC2(C1)CN(NC(=O)OC(C)(C)C)C2. The first kappa shape index (κ1) is 19.2. The van der Waals surface area contributed by atoms with Gasteiger partial charge in [-0.1, -0.05) is 24.3 Å². The number of carbonyl (C=O) groups is 2. The molecule has 28 heavy (non-hydrogen) atoms. The summed E-state index contributed by atoms with van der Waals surface area (Å²) in [5.41, 5.74) is 5.15. The zero-order chi connectivity index (χ0) is 20.1. The smallest absolute Gasteiger partial charge is 0.422 e. The zero-order valence-electron chi connectivity index (χ0n) is 17.3. The van der Waals surface area contributed by atoms with Gasteiger partial charge in [0.2, 0.25) is 5.91 Å². The third kappa shape index (κ3) is 3.62. The molecule has 2 fully saturated rings. The van der Waals surface area contributed by atoms with Crippen molar-refractivity contribution in [3.05, 3.63) is 35.4 Å². The number of carbonyl (C=O) groups excluding carboxylic acids is 2. The Balaban J connectivity index is 1.33. The number of fused-ring (bicyclic) bond motifs is 1. The van der Waals surface area contributed by atoms with E-state index >= 15 is 0 Å². The highest BCUT2D eigenvalue weighted by molar-refractivity contribution is 5.78. The van der Waals surface area contributed by atoms with E-state index in [9.17, 15) is 9.59 Å². The molecular formula is C22H31N3O3. The van der Waals surface area contributed by atoms with Crippen LogP contribution >= 0.6 is 0 Å². The molecule has 6 nitrogen and oxygen atoms in total. The molecule has 1 aromatic rings. The van der Waals surface area contributed by atoms with Crippen molar-refractivity contribution in [2.45, 2.75) is 71.1 Å². The molecule has 0 bridgehead atoms. The molecule has 4 rings (SSSR count). The van der Waals surface area contributed by atoms with Gasteiger partial charge in [-0.3, -0.25) is 10.2 Å². The molecule has 1 unspecified atom stereocenters. The molecule has 1 saturated carbocycles. The van der Waals surface area contributed by atoms with Gasteiger partial charge >= 0.3 is 6.09 Å². The van der Waals surface area contributed by atoms with Gasteiger partial charge in [-0.05, 0) is 58.1 Å². The molecule has 3 aliphatic rings. The molecule has 1 atom stereocenters. The minimum absolute atomic E-state index is 0.129. The van der Waals surface area contributed by atoms with Crippen LogP contribution in [0.1, 0.15) is 64.1 Å². The van der Waals surface area contributed by atoms with Crippen molar-refractivity contribution < 1.29 is 14.3 Å².